The SMILES string of the molecule is Cc1ccc(NC(=O)c2ccc(/C=C/c3ccc(C(=O)Nc4cc(-n5c(=O)c6cc7c(=O)n(C)c(=O)c7cc6c5=O)ccc4C)cc3)cc2)cc1C. The van der Waals surface area contributed by atoms with Crippen molar-refractivity contribution in [3.63, 3.8) is 0 Å². The minimum absolute atomic E-state index is 0.0360. The summed E-state index contributed by atoms with van der Waals surface area (Å²) in [6.07, 6.45) is 3.82. The molecule has 0 saturated carbocycles. The maximum Gasteiger partial charge on any atom is 0.266 e. The fraction of sp³-hybridized carbons (Fsp3) is 0.0952. The van der Waals surface area contributed by atoms with E-state index in [9.17, 15) is 28.8 Å². The van der Waals surface area contributed by atoms with Crippen molar-refractivity contribution in [1.82, 2.24) is 9.13 Å². The van der Waals surface area contributed by atoms with Crippen molar-refractivity contribution in [3.05, 3.63) is 177 Å². The third kappa shape index (κ3) is 6.07. The molecule has 0 unspecified atom stereocenters. The molecule has 2 heterocycles. The van der Waals surface area contributed by atoms with Crippen LogP contribution in [0.25, 0.3) is 39.4 Å². The molecule has 0 bridgehead atoms. The number of nitrogens with zero attached hydrogens (tertiary/aromatic N) is 2. The van der Waals surface area contributed by atoms with Crippen LogP contribution < -0.4 is 32.9 Å². The monoisotopic (exact) mass is 688 g/mol. The van der Waals surface area contributed by atoms with Crippen LogP contribution in [-0.2, 0) is 7.05 Å². The molecule has 0 aliphatic rings. The third-order valence-corrected chi connectivity index (χ3v) is 9.40. The standard InChI is InChI=1S/C42H32N4O6/c1-23-5-17-30(19-25(23)3)43-37(47)28-13-9-26(10-14-28)7-8-27-11-15-29(16-12-27)38(48)44-36-20-31(18-6-24(36)2)46-41(51)34-21-32-33(22-35(34)42(46)52)40(50)45(4)39(32)49/h5-22H,1-4H3,(H,43,47)(H,44,48)/b8-7+. The van der Waals surface area contributed by atoms with Gasteiger partial charge in [0, 0.05) is 29.5 Å². The largest absolute Gasteiger partial charge is 0.322 e. The van der Waals surface area contributed by atoms with Crippen LogP contribution in [0.15, 0.2) is 116 Å². The van der Waals surface area contributed by atoms with Gasteiger partial charge in [0.25, 0.3) is 34.1 Å². The van der Waals surface area contributed by atoms with Gasteiger partial charge in [-0.2, -0.15) is 0 Å². The van der Waals surface area contributed by atoms with E-state index in [4.69, 9.17) is 0 Å². The van der Waals surface area contributed by atoms with Gasteiger partial charge in [-0.15, -0.1) is 0 Å². The summed E-state index contributed by atoms with van der Waals surface area (Å²) < 4.78 is 1.92. The number of carbonyl (C=O) groups excluding carboxylic acids is 2. The Morgan fingerprint density at radius 1 is 0.519 bits per heavy atom. The lowest BCUT2D eigenvalue weighted by molar-refractivity contribution is 0.101. The van der Waals surface area contributed by atoms with Gasteiger partial charge in [-0.05, 0) is 109 Å². The molecule has 256 valence electrons. The molecule has 0 aliphatic heterocycles. The normalized spacial score (nSPS) is 11.5. The highest BCUT2D eigenvalue weighted by atomic mass is 16.2. The number of hydrogen-bond acceptors (Lipinski definition) is 6. The van der Waals surface area contributed by atoms with Gasteiger partial charge in [0.1, 0.15) is 0 Å². The number of nitrogens with one attached hydrogen (secondary N) is 2. The lowest BCUT2D eigenvalue weighted by Gasteiger charge is -2.11. The van der Waals surface area contributed by atoms with E-state index in [1.54, 1.807) is 49.4 Å². The first-order valence-electron chi connectivity index (χ1n) is 16.5. The molecule has 2 amide bonds. The van der Waals surface area contributed by atoms with E-state index in [0.717, 1.165) is 37.1 Å². The zero-order valence-corrected chi connectivity index (χ0v) is 28.7. The molecule has 10 heteroatoms. The molecule has 0 radical (unpaired) electrons. The third-order valence-electron chi connectivity index (χ3n) is 9.40. The summed E-state index contributed by atoms with van der Waals surface area (Å²) >= 11 is 0. The Balaban J connectivity index is 1.05. The molecule has 10 nitrogen and oxygen atoms in total. The zero-order valence-electron chi connectivity index (χ0n) is 28.7. The number of aromatic nitrogens is 2. The molecule has 2 aromatic heterocycles. The number of benzene rings is 5. The summed E-state index contributed by atoms with van der Waals surface area (Å²) in [5.41, 5.74) is 4.74. The lowest BCUT2D eigenvalue weighted by atomic mass is 10.1. The van der Waals surface area contributed by atoms with E-state index in [1.165, 1.54) is 19.2 Å². The van der Waals surface area contributed by atoms with Crippen molar-refractivity contribution in [2.75, 3.05) is 10.6 Å². The Morgan fingerprint density at radius 2 is 1.00 bits per heavy atom. The second-order valence-corrected chi connectivity index (χ2v) is 12.8. The van der Waals surface area contributed by atoms with Crippen molar-refractivity contribution in [2.24, 2.45) is 7.05 Å². The molecule has 7 rings (SSSR count). The first kappa shape index (κ1) is 33.6. The van der Waals surface area contributed by atoms with Gasteiger partial charge in [-0.3, -0.25) is 33.3 Å². The van der Waals surface area contributed by atoms with Crippen LogP contribution in [0.2, 0.25) is 0 Å². The predicted molar refractivity (Wildman–Crippen MR) is 206 cm³/mol. The summed E-state index contributed by atoms with van der Waals surface area (Å²) in [7, 11) is 1.35. The van der Waals surface area contributed by atoms with Crippen LogP contribution in [0.3, 0.4) is 0 Å². The fourth-order valence-corrected chi connectivity index (χ4v) is 6.11. The second kappa shape index (κ2) is 13.1. The summed E-state index contributed by atoms with van der Waals surface area (Å²) in [5.74, 6) is -0.572. The molecule has 2 N–H and O–H groups in total. The molecule has 52 heavy (non-hydrogen) atoms. The van der Waals surface area contributed by atoms with Gasteiger partial charge < -0.3 is 10.6 Å². The summed E-state index contributed by atoms with van der Waals surface area (Å²) in [5, 5.41) is 6.04. The van der Waals surface area contributed by atoms with Crippen LogP contribution in [-0.4, -0.2) is 20.9 Å². The Morgan fingerprint density at radius 3 is 1.52 bits per heavy atom. The smallest absolute Gasteiger partial charge is 0.266 e. The molecule has 0 saturated heterocycles. The molecule has 0 fully saturated rings. The van der Waals surface area contributed by atoms with E-state index in [-0.39, 0.29) is 39.0 Å². The number of anilines is 2. The zero-order chi connectivity index (χ0) is 36.8. The molecular formula is C42H32N4O6. The van der Waals surface area contributed by atoms with Crippen molar-refractivity contribution in [3.8, 4) is 5.69 Å². The minimum atomic E-state index is -0.628. The lowest BCUT2D eigenvalue weighted by Crippen LogP contribution is -2.24. The second-order valence-electron chi connectivity index (χ2n) is 12.8. The molecule has 0 atom stereocenters. The summed E-state index contributed by atoms with van der Waals surface area (Å²) in [6.45, 7) is 5.82. The molecular weight excluding hydrogens is 656 g/mol. The predicted octanol–water partition coefficient (Wildman–Crippen LogP) is 6.04. The Bertz CT molecular complexity index is 2760. The number of fused-ring (bicyclic) bond motifs is 2. The molecule has 7 aromatic rings. The van der Waals surface area contributed by atoms with Crippen LogP contribution >= 0.6 is 0 Å². The van der Waals surface area contributed by atoms with Crippen molar-refractivity contribution >= 4 is 56.9 Å². The van der Waals surface area contributed by atoms with Gasteiger partial charge in [0.15, 0.2) is 0 Å². The van der Waals surface area contributed by atoms with Crippen molar-refractivity contribution in [1.29, 1.82) is 0 Å². The van der Waals surface area contributed by atoms with Gasteiger partial charge in [0.2, 0.25) is 0 Å². The topological polar surface area (TPSA) is 136 Å². The van der Waals surface area contributed by atoms with E-state index in [0.29, 0.717) is 22.4 Å². The fourth-order valence-electron chi connectivity index (χ4n) is 6.11. The molecule has 0 spiro atoms. The van der Waals surface area contributed by atoms with Crippen molar-refractivity contribution in [2.45, 2.75) is 20.8 Å². The van der Waals surface area contributed by atoms with Gasteiger partial charge in [0.05, 0.1) is 27.2 Å². The quantitative estimate of drug-likeness (QED) is 0.196. The highest BCUT2D eigenvalue weighted by Crippen LogP contribution is 2.22. The number of hydrogen-bond donors (Lipinski definition) is 2. The Hall–Kier alpha value is -6.94. The van der Waals surface area contributed by atoms with Crippen LogP contribution in [0.5, 0.6) is 0 Å². The maximum atomic E-state index is 13.4. The van der Waals surface area contributed by atoms with Crippen LogP contribution in [0.1, 0.15) is 48.5 Å². The molecule has 0 aliphatic carbocycles. The minimum Gasteiger partial charge on any atom is -0.322 e. The summed E-state index contributed by atoms with van der Waals surface area (Å²) in [6, 6.07) is 27.5. The van der Waals surface area contributed by atoms with E-state index < -0.39 is 22.2 Å². The van der Waals surface area contributed by atoms with Crippen LogP contribution in [0.4, 0.5) is 11.4 Å². The number of carbonyl (C=O) groups is 2. The van der Waals surface area contributed by atoms with Crippen LogP contribution in [0, 0.1) is 20.8 Å². The Kier molecular flexibility index (Phi) is 8.43. The van der Waals surface area contributed by atoms with Gasteiger partial charge >= 0.3 is 0 Å². The van der Waals surface area contributed by atoms with Gasteiger partial charge in [-0.1, -0.05) is 48.6 Å². The van der Waals surface area contributed by atoms with Gasteiger partial charge in [-0.25, -0.2) is 4.57 Å². The first-order valence-corrected chi connectivity index (χ1v) is 16.5. The van der Waals surface area contributed by atoms with Crippen molar-refractivity contribution < 1.29 is 9.59 Å². The average Bonchev–Trinajstić information content (AvgIpc) is 3.51. The highest BCUT2D eigenvalue weighted by molar-refractivity contribution is 6.05. The van der Waals surface area contributed by atoms with E-state index in [1.807, 2.05) is 68.5 Å². The maximum absolute atomic E-state index is 13.4. The average molecular weight is 689 g/mol. The molecule has 5 aromatic carbocycles. The first-order chi connectivity index (χ1) is 24.9. The number of aryl methyl sites for hydroxylation is 3. The van der Waals surface area contributed by atoms with E-state index >= 15 is 0 Å². The Labute approximate surface area is 296 Å². The van der Waals surface area contributed by atoms with E-state index in [2.05, 4.69) is 10.6 Å². The number of amides is 2. The number of rotatable bonds is 7. The summed E-state index contributed by atoms with van der Waals surface area (Å²) in [4.78, 5) is 77.7. The highest BCUT2D eigenvalue weighted by Gasteiger charge is 2.20.